The summed E-state index contributed by atoms with van der Waals surface area (Å²) in [7, 11) is 1.42. The van der Waals surface area contributed by atoms with Gasteiger partial charge in [0.1, 0.15) is 17.8 Å². The van der Waals surface area contributed by atoms with E-state index in [-0.39, 0.29) is 10.4 Å². The van der Waals surface area contributed by atoms with Gasteiger partial charge >= 0.3 is 6.18 Å². The van der Waals surface area contributed by atoms with E-state index < -0.39 is 53.7 Å². The number of ether oxygens (including phenoxy) is 1. The fourth-order valence-electron chi connectivity index (χ4n) is 3.08. The summed E-state index contributed by atoms with van der Waals surface area (Å²) in [6, 6.07) is 4.41. The zero-order valence-corrected chi connectivity index (χ0v) is 21.3. The van der Waals surface area contributed by atoms with Crippen LogP contribution in [0, 0.1) is 5.92 Å². The molecule has 1 heterocycles. The van der Waals surface area contributed by atoms with Gasteiger partial charge in [-0.3, -0.25) is 19.2 Å². The summed E-state index contributed by atoms with van der Waals surface area (Å²) in [6.07, 6.45) is -5.16. The van der Waals surface area contributed by atoms with Crippen molar-refractivity contribution in [3.63, 3.8) is 0 Å². The van der Waals surface area contributed by atoms with E-state index in [1.165, 1.54) is 64.3 Å². The first kappa shape index (κ1) is 29.1. The second-order valence-electron chi connectivity index (χ2n) is 8.11. The molecule has 0 aliphatic heterocycles. The maximum Gasteiger partial charge on any atom is 0.452 e. The molecule has 13 heteroatoms. The third-order valence-electron chi connectivity index (χ3n) is 5.06. The van der Waals surface area contributed by atoms with Gasteiger partial charge in [-0.1, -0.05) is 37.6 Å². The maximum absolute atomic E-state index is 13.1. The Morgan fingerprint density at radius 1 is 0.917 bits per heavy atom. The number of amides is 3. The van der Waals surface area contributed by atoms with Crippen LogP contribution in [0.25, 0.3) is 0 Å². The molecule has 0 bridgehead atoms. The zero-order valence-electron chi connectivity index (χ0n) is 19.7. The van der Waals surface area contributed by atoms with Crippen molar-refractivity contribution in [2.75, 3.05) is 7.11 Å². The first-order valence-electron chi connectivity index (χ1n) is 10.7. The van der Waals surface area contributed by atoms with Crippen LogP contribution in [0.3, 0.4) is 0 Å². The smallest absolute Gasteiger partial charge is 0.452 e. The molecule has 2 aromatic rings. The van der Waals surface area contributed by atoms with E-state index in [4.69, 9.17) is 16.3 Å². The topological polar surface area (TPSA) is 114 Å². The number of halogens is 4. The quantitative estimate of drug-likeness (QED) is 0.420. The first-order valence-corrected chi connectivity index (χ1v) is 11.9. The SMILES string of the molecule is COc1ccc([C@H](NC(=O)[C@@H](C)NC(=O)c2ccc(Cl)s2)C(=O)N[C@H](C(=O)C(F)(F)F)C(C)C)cc1. The number of rotatable bonds is 10. The monoisotopic (exact) mass is 547 g/mol. The van der Waals surface area contributed by atoms with Crippen LogP contribution in [0.1, 0.15) is 42.0 Å². The molecule has 3 N–H and O–H groups in total. The summed E-state index contributed by atoms with van der Waals surface area (Å²) in [5.74, 6) is -4.95. The van der Waals surface area contributed by atoms with E-state index >= 15 is 0 Å². The second-order valence-corrected chi connectivity index (χ2v) is 9.82. The Kier molecular flexibility index (Phi) is 9.88. The number of methoxy groups -OCH3 is 1. The van der Waals surface area contributed by atoms with Crippen LogP contribution in [0.2, 0.25) is 4.34 Å². The number of carbonyl (C=O) groups is 4. The summed E-state index contributed by atoms with van der Waals surface area (Å²) in [5, 5.41) is 7.01. The predicted octanol–water partition coefficient (Wildman–Crippen LogP) is 3.66. The number of Topliss-reactive ketones (excluding diaryl/α,β-unsaturated/α-hetero) is 1. The lowest BCUT2D eigenvalue weighted by Gasteiger charge is -2.26. The number of nitrogens with one attached hydrogen (secondary N) is 3. The van der Waals surface area contributed by atoms with Crippen molar-refractivity contribution in [2.45, 2.75) is 45.1 Å². The molecule has 3 atom stereocenters. The van der Waals surface area contributed by atoms with E-state index in [9.17, 15) is 32.3 Å². The maximum atomic E-state index is 13.1. The number of ketones is 1. The molecule has 0 saturated heterocycles. The lowest BCUT2D eigenvalue weighted by molar-refractivity contribution is -0.175. The molecule has 1 aromatic heterocycles. The number of benzene rings is 1. The molecule has 3 amide bonds. The molecule has 0 fully saturated rings. The molecule has 0 aliphatic rings. The van der Waals surface area contributed by atoms with Gasteiger partial charge in [0.25, 0.3) is 11.7 Å². The van der Waals surface area contributed by atoms with Gasteiger partial charge in [-0.05, 0) is 42.7 Å². The fourth-order valence-corrected chi connectivity index (χ4v) is 4.03. The lowest BCUT2D eigenvalue weighted by Crippen LogP contribution is -2.54. The average molecular weight is 548 g/mol. The van der Waals surface area contributed by atoms with Crippen LogP contribution in [0.4, 0.5) is 13.2 Å². The van der Waals surface area contributed by atoms with Crippen molar-refractivity contribution in [1.29, 1.82) is 0 Å². The van der Waals surface area contributed by atoms with Crippen LogP contribution < -0.4 is 20.7 Å². The average Bonchev–Trinajstić information content (AvgIpc) is 3.25. The Morgan fingerprint density at radius 2 is 1.53 bits per heavy atom. The van der Waals surface area contributed by atoms with Gasteiger partial charge in [0.2, 0.25) is 11.8 Å². The van der Waals surface area contributed by atoms with E-state index in [0.29, 0.717) is 10.1 Å². The van der Waals surface area contributed by atoms with Gasteiger partial charge in [0, 0.05) is 0 Å². The lowest BCUT2D eigenvalue weighted by atomic mass is 9.97. The van der Waals surface area contributed by atoms with Crippen LogP contribution >= 0.6 is 22.9 Å². The van der Waals surface area contributed by atoms with Crippen molar-refractivity contribution >= 4 is 46.4 Å². The minimum atomic E-state index is -5.16. The Bertz CT molecular complexity index is 1110. The van der Waals surface area contributed by atoms with Crippen LogP contribution in [-0.4, -0.2) is 48.9 Å². The Morgan fingerprint density at radius 3 is 2.00 bits per heavy atom. The summed E-state index contributed by atoms with van der Waals surface area (Å²) < 4.78 is 44.6. The van der Waals surface area contributed by atoms with E-state index in [1.807, 2.05) is 0 Å². The number of thiophene rings is 1. The summed E-state index contributed by atoms with van der Waals surface area (Å²) in [6.45, 7) is 4.07. The Balaban J connectivity index is 2.26. The van der Waals surface area contributed by atoms with E-state index in [2.05, 4.69) is 16.0 Å². The predicted molar refractivity (Wildman–Crippen MR) is 128 cm³/mol. The minimum Gasteiger partial charge on any atom is -0.497 e. The molecule has 2 rings (SSSR count). The highest BCUT2D eigenvalue weighted by Crippen LogP contribution is 2.24. The number of carbonyl (C=O) groups excluding carboxylic acids is 4. The molecule has 0 unspecified atom stereocenters. The molecule has 0 aliphatic carbocycles. The molecular formula is C23H25ClF3N3O5S. The van der Waals surface area contributed by atoms with Gasteiger partial charge in [-0.25, -0.2) is 0 Å². The van der Waals surface area contributed by atoms with Crippen molar-refractivity contribution < 1.29 is 37.1 Å². The molecule has 0 saturated carbocycles. The number of hydrogen-bond donors (Lipinski definition) is 3. The standard InChI is InChI=1S/C23H25ClF3N3O5S/c1-11(2)17(19(31)23(25,26)27)29-22(34)18(13-5-7-14(35-4)8-6-13)30-20(32)12(3)28-21(33)15-9-10-16(24)36-15/h5-12,17-18H,1-4H3,(H,28,33)(H,29,34)(H,30,32)/t12-,17+,18+/m1/s1. The largest absolute Gasteiger partial charge is 0.497 e. The summed E-state index contributed by atoms with van der Waals surface area (Å²) in [5.41, 5.74) is 0.215. The summed E-state index contributed by atoms with van der Waals surface area (Å²) >= 11 is 6.83. The molecular weight excluding hydrogens is 523 g/mol. The van der Waals surface area contributed by atoms with Crippen LogP contribution in [-0.2, 0) is 14.4 Å². The van der Waals surface area contributed by atoms with Gasteiger partial charge in [-0.15, -0.1) is 11.3 Å². The third-order valence-corrected chi connectivity index (χ3v) is 6.29. The molecule has 0 radical (unpaired) electrons. The summed E-state index contributed by atoms with van der Waals surface area (Å²) in [4.78, 5) is 50.4. The number of alkyl halides is 3. The number of hydrogen-bond acceptors (Lipinski definition) is 6. The minimum absolute atomic E-state index is 0.215. The first-order chi connectivity index (χ1) is 16.7. The molecule has 1 aromatic carbocycles. The van der Waals surface area contributed by atoms with Gasteiger partial charge in [0.05, 0.1) is 22.4 Å². The zero-order chi connectivity index (χ0) is 27.2. The fraction of sp³-hybridized carbons (Fsp3) is 0.391. The normalized spacial score (nSPS) is 13.9. The van der Waals surface area contributed by atoms with E-state index in [0.717, 1.165) is 11.3 Å². The Hall–Kier alpha value is -3.12. The third kappa shape index (κ3) is 7.69. The highest BCUT2D eigenvalue weighted by Gasteiger charge is 2.45. The van der Waals surface area contributed by atoms with Crippen LogP contribution in [0.5, 0.6) is 5.75 Å². The van der Waals surface area contributed by atoms with Gasteiger partial charge < -0.3 is 20.7 Å². The van der Waals surface area contributed by atoms with Crippen molar-refractivity contribution in [1.82, 2.24) is 16.0 Å². The molecule has 36 heavy (non-hydrogen) atoms. The van der Waals surface area contributed by atoms with Crippen molar-refractivity contribution in [3.8, 4) is 5.75 Å². The van der Waals surface area contributed by atoms with Crippen molar-refractivity contribution in [3.05, 3.63) is 51.2 Å². The molecule has 0 spiro atoms. The molecule has 196 valence electrons. The Labute approximate surface area is 214 Å². The van der Waals surface area contributed by atoms with Crippen molar-refractivity contribution in [2.24, 2.45) is 5.92 Å². The van der Waals surface area contributed by atoms with Crippen LogP contribution in [0.15, 0.2) is 36.4 Å². The van der Waals surface area contributed by atoms with Gasteiger partial charge in [-0.2, -0.15) is 13.2 Å². The second kappa shape index (κ2) is 12.2. The van der Waals surface area contributed by atoms with Gasteiger partial charge in [0.15, 0.2) is 0 Å². The molecule has 8 nitrogen and oxygen atoms in total. The van der Waals surface area contributed by atoms with E-state index in [1.54, 1.807) is 0 Å². The highest BCUT2D eigenvalue weighted by molar-refractivity contribution is 7.18. The highest BCUT2D eigenvalue weighted by atomic mass is 35.5.